The smallest absolute Gasteiger partial charge is 0.109 e. The van der Waals surface area contributed by atoms with Gasteiger partial charge in [-0.25, -0.2) is 4.98 Å². The minimum atomic E-state index is 0.748. The van der Waals surface area contributed by atoms with E-state index in [0.29, 0.717) is 0 Å². The monoisotopic (exact) mass is 275 g/mol. The van der Waals surface area contributed by atoms with Crippen molar-refractivity contribution in [1.82, 2.24) is 14.5 Å². The summed E-state index contributed by atoms with van der Waals surface area (Å²) in [5.74, 6) is 1.17. The molecule has 1 aromatic carbocycles. The van der Waals surface area contributed by atoms with Gasteiger partial charge >= 0.3 is 0 Å². The molecule has 4 nitrogen and oxygen atoms in total. The van der Waals surface area contributed by atoms with Gasteiger partial charge in [0.05, 0.1) is 17.6 Å². The lowest BCUT2D eigenvalue weighted by Crippen LogP contribution is -2.15. The molecule has 0 unspecified atom stereocenters. The van der Waals surface area contributed by atoms with E-state index < -0.39 is 0 Å². The first-order valence-corrected chi connectivity index (χ1v) is 7.39. The largest absolute Gasteiger partial charge is 0.380 e. The number of para-hydroxylation sites is 2. The van der Waals surface area contributed by atoms with Crippen LogP contribution in [0.2, 0.25) is 0 Å². The van der Waals surface area contributed by atoms with Crippen molar-refractivity contribution >= 4 is 11.0 Å². The van der Waals surface area contributed by atoms with Crippen molar-refractivity contribution in [2.75, 3.05) is 33.9 Å². The molecule has 1 heterocycles. The van der Waals surface area contributed by atoms with E-state index in [1.54, 1.807) is 0 Å². The van der Waals surface area contributed by atoms with Crippen molar-refractivity contribution in [1.29, 1.82) is 0 Å². The highest BCUT2D eigenvalue weighted by Crippen LogP contribution is 2.17. The number of hydrogen-bond donors (Lipinski definition) is 0. The molecule has 0 radical (unpaired) electrons. The zero-order valence-electron chi connectivity index (χ0n) is 12.8. The molecule has 2 aromatic rings. The van der Waals surface area contributed by atoms with Gasteiger partial charge in [0.25, 0.3) is 0 Å². The molecule has 2 rings (SSSR count). The number of imidazole rings is 1. The third-order valence-electron chi connectivity index (χ3n) is 3.40. The minimum Gasteiger partial charge on any atom is -0.380 e. The topological polar surface area (TPSA) is 30.3 Å². The molecule has 0 aliphatic carbocycles. The molecule has 0 spiro atoms. The molecule has 0 aliphatic heterocycles. The third kappa shape index (κ3) is 3.81. The van der Waals surface area contributed by atoms with Gasteiger partial charge in [-0.1, -0.05) is 12.1 Å². The summed E-state index contributed by atoms with van der Waals surface area (Å²) in [7, 11) is 4.22. The third-order valence-corrected chi connectivity index (χ3v) is 3.40. The fourth-order valence-electron chi connectivity index (χ4n) is 2.42. The predicted octanol–water partition coefficient (Wildman–Crippen LogP) is 2.57. The van der Waals surface area contributed by atoms with Crippen molar-refractivity contribution in [3.05, 3.63) is 30.1 Å². The van der Waals surface area contributed by atoms with Gasteiger partial charge in [-0.05, 0) is 46.1 Å². The van der Waals surface area contributed by atoms with E-state index in [0.717, 1.165) is 44.7 Å². The number of benzene rings is 1. The van der Waals surface area contributed by atoms with Crippen LogP contribution in [-0.4, -0.2) is 48.3 Å². The summed E-state index contributed by atoms with van der Waals surface area (Å²) in [4.78, 5) is 6.99. The van der Waals surface area contributed by atoms with Crippen molar-refractivity contribution in [2.45, 2.75) is 26.3 Å². The summed E-state index contributed by atoms with van der Waals surface area (Å²) < 4.78 is 7.80. The van der Waals surface area contributed by atoms with Gasteiger partial charge < -0.3 is 14.2 Å². The van der Waals surface area contributed by atoms with Gasteiger partial charge in [0.2, 0.25) is 0 Å². The predicted molar refractivity (Wildman–Crippen MR) is 83.1 cm³/mol. The lowest BCUT2D eigenvalue weighted by molar-refractivity contribution is 0.139. The fraction of sp³-hybridized carbons (Fsp3) is 0.562. The minimum absolute atomic E-state index is 0.748. The number of hydrogen-bond acceptors (Lipinski definition) is 3. The van der Waals surface area contributed by atoms with Crippen LogP contribution >= 0.6 is 0 Å². The lowest BCUT2D eigenvalue weighted by Gasteiger charge is -2.11. The van der Waals surface area contributed by atoms with E-state index in [9.17, 15) is 0 Å². The van der Waals surface area contributed by atoms with E-state index >= 15 is 0 Å². The summed E-state index contributed by atoms with van der Waals surface area (Å²) in [6.45, 7) is 5.52. The highest BCUT2D eigenvalue weighted by atomic mass is 16.5. The molecule has 0 bridgehead atoms. The van der Waals surface area contributed by atoms with E-state index in [1.807, 2.05) is 13.0 Å². The van der Waals surface area contributed by atoms with Gasteiger partial charge in [0.15, 0.2) is 0 Å². The Kier molecular flexibility index (Phi) is 5.56. The van der Waals surface area contributed by atoms with Gasteiger partial charge in [0, 0.05) is 19.6 Å². The van der Waals surface area contributed by atoms with E-state index in [2.05, 4.69) is 41.8 Å². The molecule has 0 atom stereocenters. The molecule has 0 N–H and O–H groups in total. The highest BCUT2D eigenvalue weighted by Gasteiger charge is 2.09. The van der Waals surface area contributed by atoms with Gasteiger partial charge in [-0.2, -0.15) is 0 Å². The van der Waals surface area contributed by atoms with Crippen LogP contribution in [0, 0.1) is 0 Å². The molecule has 20 heavy (non-hydrogen) atoms. The number of fused-ring (bicyclic) bond motifs is 1. The lowest BCUT2D eigenvalue weighted by atomic mass is 10.3. The van der Waals surface area contributed by atoms with Crippen LogP contribution in [0.3, 0.4) is 0 Å². The van der Waals surface area contributed by atoms with Crippen LogP contribution in [0.1, 0.15) is 19.2 Å². The van der Waals surface area contributed by atoms with Crippen LogP contribution in [0.4, 0.5) is 0 Å². The Labute approximate surface area is 121 Å². The Hall–Kier alpha value is -1.39. The average Bonchev–Trinajstić information content (AvgIpc) is 2.77. The number of ether oxygens (including phenoxy) is 1. The van der Waals surface area contributed by atoms with Gasteiger partial charge in [-0.15, -0.1) is 0 Å². The van der Waals surface area contributed by atoms with Crippen LogP contribution < -0.4 is 0 Å². The van der Waals surface area contributed by atoms with Crippen molar-refractivity contribution in [3.63, 3.8) is 0 Å². The SMILES string of the molecule is CCOCCn1c(CCCN(C)C)nc2ccccc21. The Balaban J connectivity index is 2.15. The molecule has 110 valence electrons. The first-order chi connectivity index (χ1) is 9.72. The summed E-state index contributed by atoms with van der Waals surface area (Å²) in [6.07, 6.45) is 2.14. The molecule has 0 amide bonds. The standard InChI is InChI=1S/C16H25N3O/c1-4-20-13-12-19-15-9-6-5-8-14(15)17-16(19)10-7-11-18(2)3/h5-6,8-9H,4,7,10-13H2,1-3H3. The van der Waals surface area contributed by atoms with Crippen LogP contribution in [0.5, 0.6) is 0 Å². The zero-order chi connectivity index (χ0) is 14.4. The number of aromatic nitrogens is 2. The Morgan fingerprint density at radius 1 is 1.25 bits per heavy atom. The van der Waals surface area contributed by atoms with E-state index in [4.69, 9.17) is 9.72 Å². The van der Waals surface area contributed by atoms with Crippen molar-refractivity contribution in [2.24, 2.45) is 0 Å². The first kappa shape index (κ1) is 15.0. The molecule has 0 saturated carbocycles. The molecule has 1 aromatic heterocycles. The maximum absolute atomic E-state index is 5.50. The maximum Gasteiger partial charge on any atom is 0.109 e. The van der Waals surface area contributed by atoms with Crippen LogP contribution in [-0.2, 0) is 17.7 Å². The van der Waals surface area contributed by atoms with Crippen molar-refractivity contribution < 1.29 is 4.74 Å². The average molecular weight is 275 g/mol. The normalized spacial score (nSPS) is 11.6. The molecule has 0 aliphatic rings. The molecule has 4 heteroatoms. The molecular weight excluding hydrogens is 250 g/mol. The number of rotatable bonds is 8. The summed E-state index contributed by atoms with van der Waals surface area (Å²) in [6, 6.07) is 8.35. The maximum atomic E-state index is 5.50. The summed E-state index contributed by atoms with van der Waals surface area (Å²) in [5.41, 5.74) is 2.30. The zero-order valence-corrected chi connectivity index (χ0v) is 12.8. The fourth-order valence-corrected chi connectivity index (χ4v) is 2.42. The first-order valence-electron chi connectivity index (χ1n) is 7.39. The Morgan fingerprint density at radius 2 is 2.05 bits per heavy atom. The Morgan fingerprint density at radius 3 is 2.80 bits per heavy atom. The number of nitrogens with zero attached hydrogens (tertiary/aromatic N) is 3. The Bertz CT molecular complexity index is 534. The second kappa shape index (κ2) is 7.41. The van der Waals surface area contributed by atoms with Crippen molar-refractivity contribution in [3.8, 4) is 0 Å². The van der Waals surface area contributed by atoms with Crippen LogP contribution in [0.15, 0.2) is 24.3 Å². The summed E-state index contributed by atoms with van der Waals surface area (Å²) >= 11 is 0. The second-order valence-electron chi connectivity index (χ2n) is 5.27. The van der Waals surface area contributed by atoms with E-state index in [-0.39, 0.29) is 0 Å². The quantitative estimate of drug-likeness (QED) is 0.694. The molecule has 0 fully saturated rings. The van der Waals surface area contributed by atoms with Gasteiger partial charge in [-0.3, -0.25) is 0 Å². The number of aryl methyl sites for hydroxylation is 1. The second-order valence-corrected chi connectivity index (χ2v) is 5.27. The molecule has 0 saturated heterocycles. The molecular formula is C16H25N3O. The van der Waals surface area contributed by atoms with Gasteiger partial charge in [0.1, 0.15) is 5.82 Å². The van der Waals surface area contributed by atoms with E-state index in [1.165, 1.54) is 11.3 Å². The van der Waals surface area contributed by atoms with Crippen LogP contribution in [0.25, 0.3) is 11.0 Å². The highest BCUT2D eigenvalue weighted by molar-refractivity contribution is 5.75. The summed E-state index contributed by atoms with van der Waals surface area (Å²) in [5, 5.41) is 0.